The van der Waals surface area contributed by atoms with Crippen molar-refractivity contribution in [2.75, 3.05) is 0 Å². The summed E-state index contributed by atoms with van der Waals surface area (Å²) >= 11 is 0. The summed E-state index contributed by atoms with van der Waals surface area (Å²) in [7, 11) is 0. The van der Waals surface area contributed by atoms with Crippen molar-refractivity contribution in [3.63, 3.8) is 0 Å². The molecule has 1 amide bonds. The van der Waals surface area contributed by atoms with Crippen molar-refractivity contribution in [3.05, 3.63) is 40.7 Å². The standard InChI is InChI=1S/C37H50FN3O6/c1-20(5-10-31(44)45)25-8-9-26-32-27(18-30(43)36(25,26)4)35(3)13-14-37(47,19-24(35)17-29(32)42)12-11-23-7-6-22(16-28(23)38)15-21(2)33(46)41-34(39)40/h6-7,15-16,20,24-27,29-30,32,42-43,47H,5,8-10,13-14,17-19H2,1-4H3,(H,44,45)(H4,39,40,41,46). The first kappa shape index (κ1) is 35.1. The van der Waals surface area contributed by atoms with Crippen LogP contribution in [0.4, 0.5) is 4.39 Å². The van der Waals surface area contributed by atoms with Gasteiger partial charge in [0.25, 0.3) is 5.91 Å². The lowest BCUT2D eigenvalue weighted by atomic mass is 9.42. The number of nitrogens with two attached hydrogens (primary N) is 1. The van der Waals surface area contributed by atoms with E-state index < -0.39 is 41.5 Å². The van der Waals surface area contributed by atoms with Crippen LogP contribution in [0.1, 0.15) is 96.6 Å². The highest BCUT2D eigenvalue weighted by atomic mass is 19.1. The van der Waals surface area contributed by atoms with Gasteiger partial charge in [0.2, 0.25) is 0 Å². The van der Waals surface area contributed by atoms with Crippen molar-refractivity contribution >= 4 is 23.9 Å². The van der Waals surface area contributed by atoms with Crippen LogP contribution in [0, 0.1) is 69.4 Å². The predicted molar refractivity (Wildman–Crippen MR) is 176 cm³/mol. The number of aliphatic hydroxyl groups is 3. The van der Waals surface area contributed by atoms with Crippen molar-refractivity contribution in [1.82, 2.24) is 5.32 Å². The van der Waals surface area contributed by atoms with Gasteiger partial charge >= 0.3 is 5.97 Å². The number of halogens is 1. The van der Waals surface area contributed by atoms with Crippen LogP contribution in [-0.2, 0) is 9.59 Å². The Balaban J connectivity index is 1.31. The molecule has 0 radical (unpaired) electrons. The largest absolute Gasteiger partial charge is 0.481 e. The maximum Gasteiger partial charge on any atom is 0.303 e. The third kappa shape index (κ3) is 6.59. The van der Waals surface area contributed by atoms with Gasteiger partial charge in [-0.25, -0.2) is 4.39 Å². The average molecular weight is 652 g/mol. The van der Waals surface area contributed by atoms with Gasteiger partial charge in [0, 0.05) is 12.0 Å². The number of hydrogen-bond donors (Lipinski definition) is 7. The molecule has 4 fully saturated rings. The highest BCUT2D eigenvalue weighted by Crippen LogP contribution is 2.68. The molecule has 0 bridgehead atoms. The number of guanidine groups is 1. The van der Waals surface area contributed by atoms with Crippen LogP contribution in [0.3, 0.4) is 0 Å². The Morgan fingerprint density at radius 2 is 1.91 bits per heavy atom. The molecule has 10 heteroatoms. The first-order valence-electron chi connectivity index (χ1n) is 16.9. The molecule has 47 heavy (non-hydrogen) atoms. The number of aliphatic hydroxyl groups excluding tert-OH is 2. The quantitative estimate of drug-likeness (QED) is 0.103. The van der Waals surface area contributed by atoms with Gasteiger partial charge in [0.1, 0.15) is 11.4 Å². The highest BCUT2D eigenvalue weighted by molar-refractivity contribution is 6.06. The number of carboxylic acid groups (broad SMARTS) is 1. The van der Waals surface area contributed by atoms with Crippen molar-refractivity contribution in [2.24, 2.45) is 52.1 Å². The van der Waals surface area contributed by atoms with E-state index in [9.17, 15) is 30.0 Å². The lowest BCUT2D eigenvalue weighted by Crippen LogP contribution is -2.63. The van der Waals surface area contributed by atoms with Crippen molar-refractivity contribution in [3.8, 4) is 11.8 Å². The number of nitrogens with one attached hydrogen (secondary N) is 2. The number of benzene rings is 1. The molecule has 9 nitrogen and oxygen atoms in total. The monoisotopic (exact) mass is 651 g/mol. The van der Waals surface area contributed by atoms with Gasteiger partial charge in [0.05, 0.1) is 17.8 Å². The van der Waals surface area contributed by atoms with Gasteiger partial charge in [0.15, 0.2) is 5.96 Å². The SMILES string of the molecule is CC(=Cc1ccc(C#CC2(O)CCC3(C)C(CC(O)C4C3CC(O)C3(C)C(C(C)CCC(=O)O)CCC43)C2)c(F)c1)C(=O)NC(=N)N. The highest BCUT2D eigenvalue weighted by Gasteiger charge is 2.66. The third-order valence-electron chi connectivity index (χ3n) is 12.8. The molecule has 11 atom stereocenters. The average Bonchev–Trinajstić information content (AvgIpc) is 3.35. The lowest BCUT2D eigenvalue weighted by molar-refractivity contribution is -0.211. The number of aliphatic carboxylic acids is 1. The van der Waals surface area contributed by atoms with E-state index in [0.29, 0.717) is 44.1 Å². The summed E-state index contributed by atoms with van der Waals surface area (Å²) in [5.74, 6) is 4.01. The Morgan fingerprint density at radius 1 is 1.19 bits per heavy atom. The molecule has 5 rings (SSSR count). The molecule has 0 aromatic heterocycles. The number of carboxylic acids is 1. The zero-order valence-corrected chi connectivity index (χ0v) is 27.9. The number of carbonyl (C=O) groups excluding carboxylic acids is 1. The zero-order valence-electron chi connectivity index (χ0n) is 27.9. The van der Waals surface area contributed by atoms with Crippen molar-refractivity contribution < 1.29 is 34.4 Å². The summed E-state index contributed by atoms with van der Waals surface area (Å²) in [6.07, 6.45) is 5.45. The van der Waals surface area contributed by atoms with Gasteiger partial charge in [-0.05, 0) is 128 Å². The van der Waals surface area contributed by atoms with Crippen molar-refractivity contribution in [2.45, 2.75) is 103 Å². The second kappa shape index (κ2) is 13.0. The van der Waals surface area contributed by atoms with E-state index in [1.807, 2.05) is 0 Å². The maximum absolute atomic E-state index is 15.0. The van der Waals surface area contributed by atoms with Crippen LogP contribution in [0.2, 0.25) is 0 Å². The fraction of sp³-hybridized carbons (Fsp3) is 0.649. The van der Waals surface area contributed by atoms with Crippen LogP contribution < -0.4 is 11.1 Å². The first-order chi connectivity index (χ1) is 22.0. The van der Waals surface area contributed by atoms with Crippen LogP contribution in [0.5, 0.6) is 0 Å². The van der Waals surface area contributed by atoms with E-state index in [4.69, 9.17) is 11.1 Å². The molecule has 0 heterocycles. The molecule has 1 aromatic rings. The maximum atomic E-state index is 15.0. The van der Waals surface area contributed by atoms with Gasteiger partial charge in [-0.3, -0.25) is 20.3 Å². The fourth-order valence-corrected chi connectivity index (χ4v) is 10.3. The summed E-state index contributed by atoms with van der Waals surface area (Å²) < 4.78 is 15.0. The van der Waals surface area contributed by atoms with Gasteiger partial charge in [-0.1, -0.05) is 38.7 Å². The topological polar surface area (TPSA) is 177 Å². The molecular formula is C37H50FN3O6. The normalized spacial score (nSPS) is 38.6. The number of amides is 1. The van der Waals surface area contributed by atoms with Gasteiger partial charge < -0.3 is 26.2 Å². The molecule has 0 aliphatic heterocycles. The van der Waals surface area contributed by atoms with E-state index in [2.05, 4.69) is 37.9 Å². The molecule has 0 saturated heterocycles. The first-order valence-corrected chi connectivity index (χ1v) is 16.9. The number of hydrogen-bond acceptors (Lipinski definition) is 6. The Kier molecular flexibility index (Phi) is 9.68. The molecule has 4 saturated carbocycles. The van der Waals surface area contributed by atoms with Gasteiger partial charge in [-0.15, -0.1) is 0 Å². The molecular weight excluding hydrogens is 601 g/mol. The Morgan fingerprint density at radius 3 is 2.57 bits per heavy atom. The molecule has 8 N–H and O–H groups in total. The number of carbonyl (C=O) groups is 2. The molecule has 256 valence electrons. The molecule has 4 aliphatic carbocycles. The van der Waals surface area contributed by atoms with Crippen molar-refractivity contribution in [1.29, 1.82) is 5.41 Å². The minimum absolute atomic E-state index is 0.0171. The van der Waals surface area contributed by atoms with Crippen LogP contribution in [-0.4, -0.2) is 56.1 Å². The zero-order chi connectivity index (χ0) is 34.5. The predicted octanol–water partition coefficient (Wildman–Crippen LogP) is 4.42. The number of fused-ring (bicyclic) bond motifs is 5. The fourth-order valence-electron chi connectivity index (χ4n) is 10.3. The minimum Gasteiger partial charge on any atom is -0.481 e. The molecule has 1 aromatic carbocycles. The van der Waals surface area contributed by atoms with E-state index in [-0.39, 0.29) is 63.9 Å². The summed E-state index contributed by atoms with van der Waals surface area (Å²) in [5.41, 5.74) is 4.11. The molecule has 11 unspecified atom stereocenters. The number of rotatable bonds is 6. The van der Waals surface area contributed by atoms with Crippen LogP contribution in [0.25, 0.3) is 6.08 Å². The van der Waals surface area contributed by atoms with Crippen LogP contribution >= 0.6 is 0 Å². The summed E-state index contributed by atoms with van der Waals surface area (Å²) in [6.45, 7) is 8.05. The van der Waals surface area contributed by atoms with E-state index in [0.717, 1.165) is 12.8 Å². The third-order valence-corrected chi connectivity index (χ3v) is 12.8. The second-order valence-corrected chi connectivity index (χ2v) is 15.4. The Bertz CT molecular complexity index is 1520. The summed E-state index contributed by atoms with van der Waals surface area (Å²) in [6, 6.07) is 4.39. The Labute approximate surface area is 276 Å². The summed E-state index contributed by atoms with van der Waals surface area (Å²) in [4.78, 5) is 23.3. The summed E-state index contributed by atoms with van der Waals surface area (Å²) in [5, 5.41) is 53.8. The van der Waals surface area contributed by atoms with Gasteiger partial charge in [-0.2, -0.15) is 0 Å². The van der Waals surface area contributed by atoms with E-state index in [1.165, 1.54) is 25.1 Å². The minimum atomic E-state index is -1.34. The second-order valence-electron chi connectivity index (χ2n) is 15.4. The van der Waals surface area contributed by atoms with E-state index >= 15 is 4.39 Å². The molecule has 0 spiro atoms. The lowest BCUT2D eigenvalue weighted by Gasteiger charge is -2.64. The Hall–Kier alpha value is -3.26. The van der Waals surface area contributed by atoms with Crippen LogP contribution in [0.15, 0.2) is 23.8 Å². The molecule has 4 aliphatic rings. The smallest absolute Gasteiger partial charge is 0.303 e. The van der Waals surface area contributed by atoms with E-state index in [1.54, 1.807) is 6.07 Å².